The summed E-state index contributed by atoms with van der Waals surface area (Å²) >= 11 is 0. The Kier molecular flexibility index (Phi) is 3.61. The first kappa shape index (κ1) is 13.7. The van der Waals surface area contributed by atoms with Crippen LogP contribution >= 0.6 is 0 Å². The molecule has 3 nitrogen and oxygen atoms in total. The topological polar surface area (TPSA) is 51.2 Å². The zero-order valence-corrected chi connectivity index (χ0v) is 9.60. The Morgan fingerprint density at radius 1 is 1.29 bits per heavy atom. The number of carbonyl (C=O) groups excluding carboxylic acids is 1. The molecule has 1 rings (SSSR count). The second-order valence-corrected chi connectivity index (χ2v) is 5.71. The number of ketones is 1. The molecule has 0 saturated carbocycles. The van der Waals surface area contributed by atoms with Gasteiger partial charge in [-0.1, -0.05) is 12.1 Å². The number of alkyl halides is 3. The van der Waals surface area contributed by atoms with Crippen molar-refractivity contribution in [2.75, 3.05) is 12.0 Å². The van der Waals surface area contributed by atoms with Crippen LogP contribution in [0.5, 0.6) is 0 Å². The average molecular weight is 266 g/mol. The van der Waals surface area contributed by atoms with Crippen LogP contribution in [0.15, 0.2) is 24.3 Å². The summed E-state index contributed by atoms with van der Waals surface area (Å²) in [6, 6.07) is 3.69. The first-order chi connectivity index (χ1) is 7.59. The maximum absolute atomic E-state index is 12.3. The van der Waals surface area contributed by atoms with Crippen molar-refractivity contribution in [2.45, 2.75) is 6.18 Å². The van der Waals surface area contributed by atoms with E-state index < -0.39 is 33.1 Å². The van der Waals surface area contributed by atoms with Gasteiger partial charge in [-0.25, -0.2) is 8.42 Å². The Labute approximate surface area is 96.2 Å². The van der Waals surface area contributed by atoms with E-state index >= 15 is 0 Å². The van der Waals surface area contributed by atoms with E-state index in [4.69, 9.17) is 0 Å². The Morgan fingerprint density at radius 3 is 2.35 bits per heavy atom. The SMILES string of the molecule is CS(=O)(=O)CC(=O)c1cccc(C(F)(F)F)c1. The van der Waals surface area contributed by atoms with Gasteiger partial charge >= 0.3 is 6.18 Å². The fraction of sp³-hybridized carbons (Fsp3) is 0.300. The Morgan fingerprint density at radius 2 is 1.88 bits per heavy atom. The van der Waals surface area contributed by atoms with Crippen molar-refractivity contribution < 1.29 is 26.4 Å². The van der Waals surface area contributed by atoms with Crippen LogP contribution < -0.4 is 0 Å². The minimum Gasteiger partial charge on any atom is -0.293 e. The zero-order chi connectivity index (χ0) is 13.3. The van der Waals surface area contributed by atoms with Gasteiger partial charge in [0.05, 0.1) is 5.56 Å². The molecule has 17 heavy (non-hydrogen) atoms. The van der Waals surface area contributed by atoms with Crippen molar-refractivity contribution in [2.24, 2.45) is 0 Å². The molecule has 1 aromatic rings. The summed E-state index contributed by atoms with van der Waals surface area (Å²) in [4.78, 5) is 11.4. The summed E-state index contributed by atoms with van der Waals surface area (Å²) in [5.41, 5.74) is -1.23. The molecular weight excluding hydrogens is 257 g/mol. The molecule has 7 heteroatoms. The Balaban J connectivity index is 3.05. The number of halogens is 3. The highest BCUT2D eigenvalue weighted by molar-refractivity contribution is 7.91. The normalized spacial score (nSPS) is 12.5. The highest BCUT2D eigenvalue weighted by atomic mass is 32.2. The van der Waals surface area contributed by atoms with E-state index in [-0.39, 0.29) is 5.56 Å². The van der Waals surface area contributed by atoms with Gasteiger partial charge in [0, 0.05) is 11.8 Å². The van der Waals surface area contributed by atoms with E-state index in [1.54, 1.807) is 0 Å². The lowest BCUT2D eigenvalue weighted by Gasteiger charge is -2.07. The molecule has 0 aliphatic carbocycles. The van der Waals surface area contributed by atoms with E-state index in [0.717, 1.165) is 24.5 Å². The first-order valence-corrected chi connectivity index (χ1v) is 6.54. The van der Waals surface area contributed by atoms with Gasteiger partial charge in [-0.2, -0.15) is 13.2 Å². The molecule has 0 radical (unpaired) electrons. The summed E-state index contributed by atoms with van der Waals surface area (Å²) in [5, 5.41) is 0. The Hall–Kier alpha value is -1.37. The molecule has 0 amide bonds. The van der Waals surface area contributed by atoms with Crippen molar-refractivity contribution in [3.63, 3.8) is 0 Å². The molecule has 0 fully saturated rings. The second kappa shape index (κ2) is 4.48. The van der Waals surface area contributed by atoms with Crippen molar-refractivity contribution in [1.82, 2.24) is 0 Å². The standard InChI is InChI=1S/C10H9F3O3S/c1-17(15,16)6-9(14)7-3-2-4-8(5-7)10(11,12)13/h2-5H,6H2,1H3. The van der Waals surface area contributed by atoms with Crippen LogP contribution in [0.1, 0.15) is 15.9 Å². The minimum atomic E-state index is -4.55. The molecule has 0 aliphatic heterocycles. The molecule has 1 aromatic carbocycles. The minimum absolute atomic E-state index is 0.259. The molecule has 0 saturated heterocycles. The number of Topliss-reactive ketones (excluding diaryl/α,β-unsaturated/α-hetero) is 1. The first-order valence-electron chi connectivity index (χ1n) is 4.48. The molecule has 0 spiro atoms. The van der Waals surface area contributed by atoms with Gasteiger partial charge in [-0.05, 0) is 12.1 Å². The molecule has 0 aromatic heterocycles. The summed E-state index contributed by atoms with van der Waals surface area (Å²) in [7, 11) is -3.55. The maximum atomic E-state index is 12.3. The van der Waals surface area contributed by atoms with Crippen LogP contribution in [0.25, 0.3) is 0 Å². The van der Waals surface area contributed by atoms with E-state index in [0.29, 0.717) is 6.07 Å². The number of rotatable bonds is 3. The molecule has 94 valence electrons. The Bertz CT molecular complexity index is 532. The van der Waals surface area contributed by atoms with E-state index in [2.05, 4.69) is 0 Å². The fourth-order valence-electron chi connectivity index (χ4n) is 1.19. The zero-order valence-electron chi connectivity index (χ0n) is 8.78. The molecule has 0 unspecified atom stereocenters. The summed E-state index contributed by atoms with van der Waals surface area (Å²) in [6.45, 7) is 0. The summed E-state index contributed by atoms with van der Waals surface area (Å²) in [6.07, 6.45) is -3.71. The molecule has 0 N–H and O–H groups in total. The quantitative estimate of drug-likeness (QED) is 0.785. The third kappa shape index (κ3) is 4.18. The largest absolute Gasteiger partial charge is 0.416 e. The van der Waals surface area contributed by atoms with Gasteiger partial charge in [-0.3, -0.25) is 4.79 Å². The van der Waals surface area contributed by atoms with Gasteiger partial charge < -0.3 is 0 Å². The van der Waals surface area contributed by atoms with Crippen molar-refractivity contribution in [3.8, 4) is 0 Å². The maximum Gasteiger partial charge on any atom is 0.416 e. The van der Waals surface area contributed by atoms with Crippen molar-refractivity contribution in [1.29, 1.82) is 0 Å². The lowest BCUT2D eigenvalue weighted by Crippen LogP contribution is -2.15. The van der Waals surface area contributed by atoms with Crippen LogP contribution in [0, 0.1) is 0 Å². The van der Waals surface area contributed by atoms with Crippen molar-refractivity contribution >= 4 is 15.6 Å². The summed E-state index contributed by atoms with van der Waals surface area (Å²) in [5.74, 6) is -1.65. The van der Waals surface area contributed by atoms with Gasteiger partial charge in [0.15, 0.2) is 15.6 Å². The number of hydrogen-bond acceptors (Lipinski definition) is 3. The predicted molar refractivity (Wildman–Crippen MR) is 55.5 cm³/mol. The van der Waals surface area contributed by atoms with Crippen LogP contribution in [0.3, 0.4) is 0 Å². The molecule has 0 bridgehead atoms. The molecular formula is C10H9F3O3S. The van der Waals surface area contributed by atoms with E-state index in [1.165, 1.54) is 0 Å². The smallest absolute Gasteiger partial charge is 0.293 e. The number of hydrogen-bond donors (Lipinski definition) is 0. The van der Waals surface area contributed by atoms with Gasteiger partial charge in [-0.15, -0.1) is 0 Å². The predicted octanol–water partition coefficient (Wildman–Crippen LogP) is 1.93. The number of benzene rings is 1. The second-order valence-electron chi connectivity index (χ2n) is 3.57. The third-order valence-electron chi connectivity index (χ3n) is 1.91. The summed E-state index contributed by atoms with van der Waals surface area (Å²) < 4.78 is 58.7. The molecule has 0 heterocycles. The van der Waals surface area contributed by atoms with Gasteiger partial charge in [0.1, 0.15) is 5.75 Å². The lowest BCUT2D eigenvalue weighted by molar-refractivity contribution is -0.137. The number of carbonyl (C=O) groups is 1. The highest BCUT2D eigenvalue weighted by Crippen LogP contribution is 2.29. The van der Waals surface area contributed by atoms with Gasteiger partial charge in [0.25, 0.3) is 0 Å². The van der Waals surface area contributed by atoms with E-state index in [9.17, 15) is 26.4 Å². The third-order valence-corrected chi connectivity index (χ3v) is 2.69. The fourth-order valence-corrected chi connectivity index (χ4v) is 1.83. The molecule has 0 atom stereocenters. The van der Waals surface area contributed by atoms with Crippen LogP contribution in [-0.4, -0.2) is 26.2 Å². The van der Waals surface area contributed by atoms with Crippen LogP contribution in [0.2, 0.25) is 0 Å². The number of sulfone groups is 1. The van der Waals surface area contributed by atoms with E-state index in [1.807, 2.05) is 0 Å². The monoisotopic (exact) mass is 266 g/mol. The average Bonchev–Trinajstić information content (AvgIpc) is 2.14. The van der Waals surface area contributed by atoms with Crippen LogP contribution in [-0.2, 0) is 16.0 Å². The highest BCUT2D eigenvalue weighted by Gasteiger charge is 2.31. The van der Waals surface area contributed by atoms with Crippen LogP contribution in [0.4, 0.5) is 13.2 Å². The van der Waals surface area contributed by atoms with Gasteiger partial charge in [0.2, 0.25) is 0 Å². The lowest BCUT2D eigenvalue weighted by atomic mass is 10.1. The molecule has 0 aliphatic rings. The van der Waals surface area contributed by atoms with Crippen molar-refractivity contribution in [3.05, 3.63) is 35.4 Å².